The fourth-order valence-corrected chi connectivity index (χ4v) is 4.88. The van der Waals surface area contributed by atoms with Gasteiger partial charge in [0.1, 0.15) is 0 Å². The molecule has 4 rings (SSSR count). The average molecular weight is 363 g/mol. The molecule has 0 saturated carbocycles. The van der Waals surface area contributed by atoms with Gasteiger partial charge < -0.3 is 10.6 Å². The lowest BCUT2D eigenvalue weighted by molar-refractivity contribution is 0.0930. The smallest absolute Gasteiger partial charge is 0.261 e. The monoisotopic (exact) mass is 362 g/mol. The van der Waals surface area contributed by atoms with E-state index in [2.05, 4.69) is 47.9 Å². The summed E-state index contributed by atoms with van der Waals surface area (Å²) in [6.45, 7) is 3.17. The molecule has 1 saturated heterocycles. The highest BCUT2D eigenvalue weighted by molar-refractivity contribution is 7.17. The highest BCUT2D eigenvalue weighted by Crippen LogP contribution is 2.39. The first-order valence-electron chi connectivity index (χ1n) is 8.46. The van der Waals surface area contributed by atoms with Crippen molar-refractivity contribution in [1.82, 2.24) is 10.6 Å². The zero-order valence-electron chi connectivity index (χ0n) is 13.8. The Bertz CT molecular complexity index is 743. The number of nitrogens with one attached hydrogen (secondary N) is 2. The van der Waals surface area contributed by atoms with Crippen LogP contribution in [0.1, 0.15) is 40.6 Å². The summed E-state index contributed by atoms with van der Waals surface area (Å²) in [6.07, 6.45) is 4.15. The highest BCUT2D eigenvalue weighted by atomic mass is 35.5. The predicted molar refractivity (Wildman–Crippen MR) is 102 cm³/mol. The lowest BCUT2D eigenvalue weighted by Crippen LogP contribution is -2.46. The summed E-state index contributed by atoms with van der Waals surface area (Å²) in [5.74, 6) is 0.0981. The van der Waals surface area contributed by atoms with Gasteiger partial charge in [-0.2, -0.15) is 0 Å². The molecule has 1 aromatic carbocycles. The number of benzene rings is 1. The molecule has 128 valence electrons. The molecular formula is C19H23ClN2OS. The minimum atomic E-state index is 0. The molecule has 1 amide bonds. The Balaban J connectivity index is 0.00000169. The van der Waals surface area contributed by atoms with E-state index in [1.54, 1.807) is 11.3 Å². The fourth-order valence-electron chi connectivity index (χ4n) is 3.70. The summed E-state index contributed by atoms with van der Waals surface area (Å²) in [4.78, 5) is 14.8. The van der Waals surface area contributed by atoms with Gasteiger partial charge in [-0.3, -0.25) is 4.79 Å². The van der Waals surface area contributed by atoms with E-state index in [4.69, 9.17) is 0 Å². The summed E-state index contributed by atoms with van der Waals surface area (Å²) < 4.78 is 0. The molecule has 0 radical (unpaired) electrons. The van der Waals surface area contributed by atoms with Gasteiger partial charge in [0.15, 0.2) is 0 Å². The van der Waals surface area contributed by atoms with E-state index in [9.17, 15) is 4.79 Å². The number of hydrogen-bond donors (Lipinski definition) is 2. The molecule has 1 aromatic heterocycles. The van der Waals surface area contributed by atoms with Gasteiger partial charge in [0.2, 0.25) is 0 Å². The van der Waals surface area contributed by atoms with E-state index in [0.29, 0.717) is 12.1 Å². The summed E-state index contributed by atoms with van der Waals surface area (Å²) in [5, 5.41) is 6.66. The van der Waals surface area contributed by atoms with E-state index in [0.717, 1.165) is 37.1 Å². The second-order valence-electron chi connectivity index (χ2n) is 6.67. The number of carbonyl (C=O) groups is 1. The van der Waals surface area contributed by atoms with Gasteiger partial charge in [-0.1, -0.05) is 24.3 Å². The molecule has 2 aromatic rings. The number of hydrogen-bond acceptors (Lipinski definition) is 3. The highest BCUT2D eigenvalue weighted by Gasteiger charge is 2.24. The first-order chi connectivity index (χ1) is 11.2. The van der Waals surface area contributed by atoms with Crippen LogP contribution in [0.5, 0.6) is 0 Å². The van der Waals surface area contributed by atoms with Crippen LogP contribution >= 0.6 is 23.7 Å². The van der Waals surface area contributed by atoms with Crippen molar-refractivity contribution in [2.45, 2.75) is 44.7 Å². The van der Waals surface area contributed by atoms with Gasteiger partial charge >= 0.3 is 0 Å². The van der Waals surface area contributed by atoms with Crippen molar-refractivity contribution in [2.75, 3.05) is 6.54 Å². The first kappa shape index (κ1) is 17.5. The maximum absolute atomic E-state index is 12.6. The Kier molecular flexibility index (Phi) is 5.28. The number of halogens is 1. The summed E-state index contributed by atoms with van der Waals surface area (Å²) in [6, 6.07) is 11.5. The molecule has 2 N–H and O–H groups in total. The van der Waals surface area contributed by atoms with E-state index >= 15 is 0 Å². The Labute approximate surface area is 153 Å². The Morgan fingerprint density at radius 2 is 2.04 bits per heavy atom. The van der Waals surface area contributed by atoms with Crippen LogP contribution < -0.4 is 10.6 Å². The largest absolute Gasteiger partial charge is 0.349 e. The third-order valence-corrected chi connectivity index (χ3v) is 6.13. The Morgan fingerprint density at radius 1 is 1.25 bits per heavy atom. The van der Waals surface area contributed by atoms with Crippen molar-refractivity contribution >= 4 is 29.7 Å². The standard InChI is InChI=1S/C19H22N2OS.ClH/c1-12-10-15(8-9-20-12)21-19(22)17-11-14-7-6-13-4-2-3-5-16(13)18(14)23-17;/h2-5,11-12,15,20H,6-10H2,1H3,(H,21,22);1H. The Morgan fingerprint density at radius 3 is 2.88 bits per heavy atom. The van der Waals surface area contributed by atoms with Gasteiger partial charge in [-0.25, -0.2) is 0 Å². The van der Waals surface area contributed by atoms with Gasteiger partial charge in [-0.05, 0) is 61.9 Å². The predicted octanol–water partition coefficient (Wildman–Crippen LogP) is 3.81. The number of aryl methyl sites for hydroxylation is 2. The zero-order chi connectivity index (χ0) is 15.8. The van der Waals surface area contributed by atoms with Crippen LogP contribution in [0.2, 0.25) is 0 Å². The zero-order valence-corrected chi connectivity index (χ0v) is 15.4. The molecule has 1 aliphatic carbocycles. The van der Waals surface area contributed by atoms with Crippen molar-refractivity contribution < 1.29 is 4.79 Å². The molecule has 0 spiro atoms. The van der Waals surface area contributed by atoms with E-state index in [1.807, 2.05) is 0 Å². The molecule has 24 heavy (non-hydrogen) atoms. The first-order valence-corrected chi connectivity index (χ1v) is 9.27. The van der Waals surface area contributed by atoms with Crippen molar-refractivity contribution in [3.05, 3.63) is 46.3 Å². The van der Waals surface area contributed by atoms with Crippen LogP contribution in [-0.4, -0.2) is 24.5 Å². The number of rotatable bonds is 2. The van der Waals surface area contributed by atoms with Crippen molar-refractivity contribution in [3.63, 3.8) is 0 Å². The fraction of sp³-hybridized carbons (Fsp3) is 0.421. The number of fused-ring (bicyclic) bond motifs is 3. The summed E-state index contributed by atoms with van der Waals surface area (Å²) in [5.41, 5.74) is 4.05. The minimum absolute atomic E-state index is 0. The van der Waals surface area contributed by atoms with Crippen molar-refractivity contribution in [3.8, 4) is 10.4 Å². The second-order valence-corrected chi connectivity index (χ2v) is 7.72. The number of carbonyl (C=O) groups excluding carboxylic acids is 1. The van der Waals surface area contributed by atoms with Crippen LogP contribution in [0.25, 0.3) is 10.4 Å². The number of amides is 1. The minimum Gasteiger partial charge on any atom is -0.349 e. The van der Waals surface area contributed by atoms with Gasteiger partial charge in [-0.15, -0.1) is 23.7 Å². The maximum atomic E-state index is 12.6. The van der Waals surface area contributed by atoms with Gasteiger partial charge in [0.05, 0.1) is 4.88 Å². The molecule has 2 heterocycles. The molecule has 1 aliphatic heterocycles. The van der Waals surface area contributed by atoms with Crippen LogP contribution in [0, 0.1) is 0 Å². The third-order valence-electron chi connectivity index (χ3n) is 4.92. The third kappa shape index (κ3) is 3.37. The van der Waals surface area contributed by atoms with Crippen LogP contribution in [-0.2, 0) is 12.8 Å². The molecule has 2 unspecified atom stereocenters. The van der Waals surface area contributed by atoms with Gasteiger partial charge in [0.25, 0.3) is 5.91 Å². The van der Waals surface area contributed by atoms with E-state index in [1.165, 1.54) is 21.6 Å². The quantitative estimate of drug-likeness (QED) is 0.853. The lowest BCUT2D eigenvalue weighted by atomic mass is 9.91. The molecule has 3 nitrogen and oxygen atoms in total. The molecular weight excluding hydrogens is 340 g/mol. The topological polar surface area (TPSA) is 41.1 Å². The molecule has 5 heteroatoms. The molecule has 0 bridgehead atoms. The average Bonchev–Trinajstić information content (AvgIpc) is 3.00. The summed E-state index contributed by atoms with van der Waals surface area (Å²) in [7, 11) is 0. The maximum Gasteiger partial charge on any atom is 0.261 e. The van der Waals surface area contributed by atoms with Crippen LogP contribution in [0.15, 0.2) is 30.3 Å². The van der Waals surface area contributed by atoms with Crippen LogP contribution in [0.4, 0.5) is 0 Å². The number of thiophene rings is 1. The number of piperidine rings is 1. The molecule has 2 aliphatic rings. The summed E-state index contributed by atoms with van der Waals surface area (Å²) >= 11 is 1.65. The SMILES string of the molecule is CC1CC(NC(=O)c2cc3c(s2)-c2ccccc2CC3)CCN1.Cl. The van der Waals surface area contributed by atoms with Crippen molar-refractivity contribution in [2.24, 2.45) is 0 Å². The Hall–Kier alpha value is -1.36. The molecule has 2 atom stereocenters. The van der Waals surface area contributed by atoms with E-state index in [-0.39, 0.29) is 18.3 Å². The molecule has 1 fully saturated rings. The van der Waals surface area contributed by atoms with Crippen molar-refractivity contribution in [1.29, 1.82) is 0 Å². The lowest BCUT2D eigenvalue weighted by Gasteiger charge is -2.28. The van der Waals surface area contributed by atoms with Gasteiger partial charge in [0, 0.05) is 17.0 Å². The van der Waals surface area contributed by atoms with Crippen LogP contribution in [0.3, 0.4) is 0 Å². The second kappa shape index (κ2) is 7.26. The van der Waals surface area contributed by atoms with E-state index < -0.39 is 0 Å². The normalized spacial score (nSPS) is 22.0.